The van der Waals surface area contributed by atoms with Crippen LogP contribution in [0.1, 0.15) is 36.2 Å². The summed E-state index contributed by atoms with van der Waals surface area (Å²) in [6.45, 7) is 5.17. The second-order valence-corrected chi connectivity index (χ2v) is 5.07. The van der Waals surface area contributed by atoms with Gasteiger partial charge in [0.15, 0.2) is 0 Å². The number of aromatic nitrogens is 1. The Kier molecular flexibility index (Phi) is 4.94. The van der Waals surface area contributed by atoms with Gasteiger partial charge in [0.2, 0.25) is 0 Å². The molecule has 0 aliphatic heterocycles. The first-order valence-corrected chi connectivity index (χ1v) is 7.00. The lowest BCUT2D eigenvalue weighted by Crippen LogP contribution is -2.24. The molecule has 3 heteroatoms. The molecule has 2 nitrogen and oxygen atoms in total. The summed E-state index contributed by atoms with van der Waals surface area (Å²) in [5, 5.41) is 4.30. The van der Waals surface area contributed by atoms with Crippen molar-refractivity contribution >= 4 is 11.6 Å². The van der Waals surface area contributed by atoms with E-state index in [0.29, 0.717) is 0 Å². The Morgan fingerprint density at radius 1 is 1.26 bits per heavy atom. The van der Waals surface area contributed by atoms with Gasteiger partial charge >= 0.3 is 0 Å². The summed E-state index contributed by atoms with van der Waals surface area (Å²) < 4.78 is 0. The van der Waals surface area contributed by atoms with Crippen molar-refractivity contribution in [2.75, 3.05) is 6.54 Å². The topological polar surface area (TPSA) is 24.9 Å². The highest BCUT2D eigenvalue weighted by atomic mass is 35.5. The molecule has 0 saturated heterocycles. The highest BCUT2D eigenvalue weighted by Gasteiger charge is 2.17. The number of hydrogen-bond acceptors (Lipinski definition) is 2. The van der Waals surface area contributed by atoms with Crippen LogP contribution in [0.25, 0.3) is 0 Å². The van der Waals surface area contributed by atoms with Crippen LogP contribution in [0.2, 0.25) is 5.02 Å². The van der Waals surface area contributed by atoms with Gasteiger partial charge in [-0.05, 0) is 49.2 Å². The van der Waals surface area contributed by atoms with Crippen molar-refractivity contribution in [1.29, 1.82) is 0 Å². The first kappa shape index (κ1) is 14.0. The Bertz CT molecular complexity index is 540. The molecule has 1 heterocycles. The molecule has 19 heavy (non-hydrogen) atoms. The van der Waals surface area contributed by atoms with Crippen LogP contribution in [-0.2, 0) is 0 Å². The number of hydrogen-bond donors (Lipinski definition) is 1. The lowest BCUT2D eigenvalue weighted by molar-refractivity contribution is 0.586. The molecule has 2 aromatic rings. The second-order valence-electron chi connectivity index (χ2n) is 4.67. The molecule has 0 aliphatic rings. The van der Waals surface area contributed by atoms with Crippen LogP contribution < -0.4 is 5.32 Å². The summed E-state index contributed by atoms with van der Waals surface area (Å²) in [5.74, 6) is 0. The van der Waals surface area contributed by atoms with Crippen molar-refractivity contribution in [2.45, 2.75) is 26.3 Å². The summed E-state index contributed by atoms with van der Waals surface area (Å²) >= 11 is 6.32. The molecule has 1 atom stereocenters. The highest BCUT2D eigenvalue weighted by molar-refractivity contribution is 6.31. The Hall–Kier alpha value is -1.38. The van der Waals surface area contributed by atoms with Crippen LogP contribution in [0.4, 0.5) is 0 Å². The molecule has 1 unspecified atom stereocenters. The second kappa shape index (κ2) is 6.69. The van der Waals surface area contributed by atoms with Gasteiger partial charge in [-0.15, -0.1) is 0 Å². The van der Waals surface area contributed by atoms with E-state index in [2.05, 4.69) is 36.3 Å². The van der Waals surface area contributed by atoms with Gasteiger partial charge in [0.25, 0.3) is 0 Å². The molecule has 0 saturated carbocycles. The van der Waals surface area contributed by atoms with E-state index in [1.54, 1.807) is 0 Å². The Balaban J connectivity index is 2.38. The molecule has 0 aliphatic carbocycles. The van der Waals surface area contributed by atoms with Crippen molar-refractivity contribution in [3.8, 4) is 0 Å². The van der Waals surface area contributed by atoms with Crippen molar-refractivity contribution in [2.24, 2.45) is 0 Å². The van der Waals surface area contributed by atoms with E-state index in [1.807, 2.05) is 30.5 Å². The van der Waals surface area contributed by atoms with Gasteiger partial charge in [0, 0.05) is 11.2 Å². The van der Waals surface area contributed by atoms with Gasteiger partial charge in [0.05, 0.1) is 11.7 Å². The molecule has 0 spiro atoms. The van der Waals surface area contributed by atoms with Crippen LogP contribution in [0.15, 0.2) is 42.6 Å². The molecule has 0 fully saturated rings. The summed E-state index contributed by atoms with van der Waals surface area (Å²) in [4.78, 5) is 4.49. The van der Waals surface area contributed by atoms with Gasteiger partial charge < -0.3 is 5.32 Å². The van der Waals surface area contributed by atoms with E-state index in [1.165, 1.54) is 5.56 Å². The largest absolute Gasteiger partial charge is 0.305 e. The summed E-state index contributed by atoms with van der Waals surface area (Å²) in [6.07, 6.45) is 2.93. The third-order valence-corrected chi connectivity index (χ3v) is 3.39. The highest BCUT2D eigenvalue weighted by Crippen LogP contribution is 2.27. The Morgan fingerprint density at radius 2 is 2.05 bits per heavy atom. The third-order valence-electron chi connectivity index (χ3n) is 3.05. The maximum atomic E-state index is 6.32. The van der Waals surface area contributed by atoms with Gasteiger partial charge in [-0.25, -0.2) is 0 Å². The van der Waals surface area contributed by atoms with Crippen LogP contribution >= 0.6 is 11.6 Å². The first-order chi connectivity index (χ1) is 9.22. The zero-order chi connectivity index (χ0) is 13.7. The Morgan fingerprint density at radius 3 is 2.74 bits per heavy atom. The molecule has 1 aromatic heterocycles. The van der Waals surface area contributed by atoms with Crippen LogP contribution in [0.5, 0.6) is 0 Å². The smallest absolute Gasteiger partial charge is 0.0765 e. The average molecular weight is 275 g/mol. The van der Waals surface area contributed by atoms with Gasteiger partial charge in [-0.1, -0.05) is 36.7 Å². The van der Waals surface area contributed by atoms with Gasteiger partial charge in [-0.3, -0.25) is 4.98 Å². The fraction of sp³-hybridized carbons (Fsp3) is 0.312. The fourth-order valence-corrected chi connectivity index (χ4v) is 2.33. The number of aryl methyl sites for hydroxylation is 1. The molecule has 0 amide bonds. The number of nitrogens with zero attached hydrogens (tertiary/aromatic N) is 1. The number of pyridine rings is 1. The van der Waals surface area contributed by atoms with E-state index in [9.17, 15) is 0 Å². The predicted octanol–water partition coefficient (Wildman–Crippen LogP) is 4.13. The Labute approximate surface area is 119 Å². The number of halogens is 1. The quantitative estimate of drug-likeness (QED) is 0.887. The molecular weight excluding hydrogens is 256 g/mol. The van der Waals surface area contributed by atoms with Crippen molar-refractivity contribution in [3.05, 3.63) is 64.4 Å². The monoisotopic (exact) mass is 274 g/mol. The van der Waals surface area contributed by atoms with Gasteiger partial charge in [-0.2, -0.15) is 0 Å². The summed E-state index contributed by atoms with van der Waals surface area (Å²) in [6, 6.07) is 12.1. The molecule has 1 aromatic carbocycles. The lowest BCUT2D eigenvalue weighted by atomic mass is 10.0. The van der Waals surface area contributed by atoms with E-state index in [4.69, 9.17) is 11.6 Å². The van der Waals surface area contributed by atoms with E-state index in [-0.39, 0.29) is 6.04 Å². The lowest BCUT2D eigenvalue weighted by Gasteiger charge is -2.20. The van der Waals surface area contributed by atoms with Gasteiger partial charge in [0.1, 0.15) is 0 Å². The minimum Gasteiger partial charge on any atom is -0.305 e. The zero-order valence-electron chi connectivity index (χ0n) is 11.4. The summed E-state index contributed by atoms with van der Waals surface area (Å²) in [5.41, 5.74) is 3.30. The molecule has 100 valence electrons. The first-order valence-electron chi connectivity index (χ1n) is 6.62. The maximum Gasteiger partial charge on any atom is 0.0765 e. The number of benzene rings is 1. The van der Waals surface area contributed by atoms with Crippen molar-refractivity contribution in [3.63, 3.8) is 0 Å². The van der Waals surface area contributed by atoms with E-state index in [0.717, 1.165) is 29.2 Å². The maximum absolute atomic E-state index is 6.32. The van der Waals surface area contributed by atoms with E-state index < -0.39 is 0 Å². The van der Waals surface area contributed by atoms with Crippen molar-refractivity contribution in [1.82, 2.24) is 10.3 Å². The van der Waals surface area contributed by atoms with Crippen LogP contribution in [-0.4, -0.2) is 11.5 Å². The van der Waals surface area contributed by atoms with Crippen LogP contribution in [0, 0.1) is 6.92 Å². The normalized spacial score (nSPS) is 12.4. The number of rotatable bonds is 5. The SMILES string of the molecule is CCCNC(c1cc(C)ccn1)c1ccccc1Cl. The van der Waals surface area contributed by atoms with E-state index >= 15 is 0 Å². The molecule has 2 rings (SSSR count). The number of nitrogens with one attached hydrogen (secondary N) is 1. The zero-order valence-corrected chi connectivity index (χ0v) is 12.1. The minimum atomic E-state index is 0.0496. The van der Waals surface area contributed by atoms with Crippen LogP contribution in [0.3, 0.4) is 0 Å². The molecule has 0 bridgehead atoms. The van der Waals surface area contributed by atoms with Crippen molar-refractivity contribution < 1.29 is 0 Å². The molecule has 0 radical (unpaired) electrons. The third kappa shape index (κ3) is 3.55. The standard InChI is InChI=1S/C16H19ClN2/c1-3-9-19-16(13-6-4-5-7-14(13)17)15-11-12(2)8-10-18-15/h4-8,10-11,16,19H,3,9H2,1-2H3. The average Bonchev–Trinajstić information content (AvgIpc) is 2.41. The molecular formula is C16H19ClN2. The fourth-order valence-electron chi connectivity index (χ4n) is 2.09. The predicted molar refractivity (Wildman–Crippen MR) is 80.6 cm³/mol. The minimum absolute atomic E-state index is 0.0496. The summed E-state index contributed by atoms with van der Waals surface area (Å²) in [7, 11) is 0. The molecule has 1 N–H and O–H groups in total.